The predicted octanol–water partition coefficient (Wildman–Crippen LogP) is 1.16. The Balaban J connectivity index is 1.51. The smallest absolute Gasteiger partial charge is 0.175 e. The quantitative estimate of drug-likeness (QED) is 0.731. The van der Waals surface area contributed by atoms with Crippen molar-refractivity contribution >= 4 is 21.6 Å². The number of rotatable bonds is 1. The molecule has 23 heavy (non-hydrogen) atoms. The number of aromatic nitrogens is 1. The molecule has 1 spiro atoms. The van der Waals surface area contributed by atoms with E-state index in [1.165, 1.54) is 43.3 Å². The number of hydrogen-bond donors (Lipinski definition) is 3. The maximum atomic E-state index is 13.9. The molecule has 5 heterocycles. The fourth-order valence-electron chi connectivity index (χ4n) is 4.50. The predicted molar refractivity (Wildman–Crippen MR) is 88.5 cm³/mol. The third-order valence-corrected chi connectivity index (χ3v) is 6.87. The molecule has 4 fully saturated rings. The van der Waals surface area contributed by atoms with Crippen LogP contribution >= 0.6 is 11.3 Å². The zero-order valence-corrected chi connectivity index (χ0v) is 13.6. The highest BCUT2D eigenvalue weighted by Gasteiger charge is 2.55. The minimum Gasteiger partial charge on any atom is -0.301 e. The molecule has 0 saturated carbocycles. The van der Waals surface area contributed by atoms with E-state index < -0.39 is 5.79 Å². The van der Waals surface area contributed by atoms with Crippen molar-refractivity contribution in [2.45, 2.75) is 24.2 Å². The van der Waals surface area contributed by atoms with Crippen molar-refractivity contribution in [2.24, 2.45) is 11.7 Å². The standard InChI is InChI=1S/C16H20FN5S/c17-11-2-1-3-12-13(11)20-14(23-12)16(18)19-8-15(21-16)9-22-6-4-10(15)5-7-22/h1-3,10,19,21H,4-9,18H2. The SMILES string of the molecule is NC1(c2nc3c(F)cccc3s2)NCC2(CN3CCC2CC3)N1. The summed E-state index contributed by atoms with van der Waals surface area (Å²) in [5, 5.41) is 7.82. The van der Waals surface area contributed by atoms with Crippen LogP contribution in [0.15, 0.2) is 18.2 Å². The van der Waals surface area contributed by atoms with Crippen LogP contribution in [0.25, 0.3) is 10.2 Å². The van der Waals surface area contributed by atoms with Crippen LogP contribution in [-0.2, 0) is 5.79 Å². The number of piperidine rings is 3. The van der Waals surface area contributed by atoms with Crippen molar-refractivity contribution in [1.29, 1.82) is 0 Å². The number of thiazole rings is 1. The Morgan fingerprint density at radius 3 is 2.87 bits per heavy atom. The van der Waals surface area contributed by atoms with E-state index in [-0.39, 0.29) is 11.4 Å². The first-order valence-corrected chi connectivity index (χ1v) is 9.01. The van der Waals surface area contributed by atoms with Gasteiger partial charge in [-0.1, -0.05) is 6.07 Å². The molecule has 2 bridgehead atoms. The lowest BCUT2D eigenvalue weighted by Crippen LogP contribution is -2.68. The number of para-hydroxylation sites is 1. The summed E-state index contributed by atoms with van der Waals surface area (Å²) in [4.78, 5) is 7.00. The Kier molecular flexibility index (Phi) is 2.91. The minimum absolute atomic E-state index is 0.0155. The highest BCUT2D eigenvalue weighted by Crippen LogP contribution is 2.41. The Morgan fingerprint density at radius 1 is 1.35 bits per heavy atom. The fourth-order valence-corrected chi connectivity index (χ4v) is 5.52. The Bertz CT molecular complexity index is 771. The lowest BCUT2D eigenvalue weighted by molar-refractivity contribution is 0.0160. The number of nitrogens with zero attached hydrogens (tertiary/aromatic N) is 2. The molecular formula is C16H20FN5S. The molecule has 6 rings (SSSR count). The van der Waals surface area contributed by atoms with Gasteiger partial charge in [-0.25, -0.2) is 9.37 Å². The molecule has 7 heteroatoms. The maximum absolute atomic E-state index is 13.9. The van der Waals surface area contributed by atoms with Crippen molar-refractivity contribution in [3.63, 3.8) is 0 Å². The Labute approximate surface area is 138 Å². The Hall–Kier alpha value is -1.12. The summed E-state index contributed by atoms with van der Waals surface area (Å²) in [5.74, 6) is -0.505. The van der Waals surface area contributed by atoms with Gasteiger partial charge < -0.3 is 4.90 Å². The van der Waals surface area contributed by atoms with Gasteiger partial charge in [0.1, 0.15) is 16.3 Å². The molecular weight excluding hydrogens is 313 g/mol. The average Bonchev–Trinajstić information content (AvgIpc) is 3.13. The first kappa shape index (κ1) is 14.2. The molecule has 1 aromatic carbocycles. The minimum atomic E-state index is -0.866. The van der Waals surface area contributed by atoms with Gasteiger partial charge in [-0.05, 0) is 44.0 Å². The van der Waals surface area contributed by atoms with Crippen LogP contribution in [0, 0.1) is 11.7 Å². The van der Waals surface area contributed by atoms with Gasteiger partial charge in [-0.2, -0.15) is 0 Å². The molecule has 0 amide bonds. The van der Waals surface area contributed by atoms with Gasteiger partial charge in [0.25, 0.3) is 0 Å². The lowest BCUT2D eigenvalue weighted by Gasteiger charge is -2.52. The second kappa shape index (κ2) is 4.70. The summed E-state index contributed by atoms with van der Waals surface area (Å²) in [5.41, 5.74) is 7.04. The molecule has 0 radical (unpaired) electrons. The topological polar surface area (TPSA) is 66.2 Å². The second-order valence-corrected chi connectivity index (χ2v) is 8.13. The monoisotopic (exact) mass is 333 g/mol. The number of nitrogens with two attached hydrogens (primary N) is 1. The van der Waals surface area contributed by atoms with Crippen LogP contribution < -0.4 is 16.4 Å². The van der Waals surface area contributed by atoms with Crippen LogP contribution in [0.5, 0.6) is 0 Å². The van der Waals surface area contributed by atoms with Gasteiger partial charge in [0, 0.05) is 18.6 Å². The highest BCUT2D eigenvalue weighted by atomic mass is 32.1. The molecule has 2 unspecified atom stereocenters. The van der Waals surface area contributed by atoms with E-state index in [4.69, 9.17) is 5.73 Å². The lowest BCUT2D eigenvalue weighted by atomic mass is 9.73. The maximum Gasteiger partial charge on any atom is 0.175 e. The summed E-state index contributed by atoms with van der Waals surface area (Å²) in [7, 11) is 0. The van der Waals surface area contributed by atoms with Crippen molar-refractivity contribution in [3.8, 4) is 0 Å². The molecule has 0 aliphatic carbocycles. The normalized spacial score (nSPS) is 39.6. The first-order valence-electron chi connectivity index (χ1n) is 8.19. The van der Waals surface area contributed by atoms with E-state index >= 15 is 0 Å². The Morgan fingerprint density at radius 2 is 2.17 bits per heavy atom. The summed E-state index contributed by atoms with van der Waals surface area (Å²) in [6.45, 7) is 4.25. The first-order chi connectivity index (χ1) is 11.1. The van der Waals surface area contributed by atoms with Crippen LogP contribution in [0.2, 0.25) is 0 Å². The highest BCUT2D eigenvalue weighted by molar-refractivity contribution is 7.18. The molecule has 122 valence electrons. The van der Waals surface area contributed by atoms with Gasteiger partial charge in [-0.3, -0.25) is 16.4 Å². The average molecular weight is 333 g/mol. The van der Waals surface area contributed by atoms with Crippen LogP contribution in [0.4, 0.5) is 4.39 Å². The molecule has 4 aliphatic heterocycles. The number of fused-ring (bicyclic) bond motifs is 3. The van der Waals surface area contributed by atoms with Gasteiger partial charge in [-0.15, -0.1) is 11.3 Å². The van der Waals surface area contributed by atoms with Crippen molar-refractivity contribution < 1.29 is 4.39 Å². The summed E-state index contributed by atoms with van der Waals surface area (Å²) in [6, 6.07) is 5.05. The zero-order chi connectivity index (χ0) is 15.7. The summed E-state index contributed by atoms with van der Waals surface area (Å²) >= 11 is 1.46. The van der Waals surface area contributed by atoms with E-state index in [0.717, 1.165) is 17.8 Å². The summed E-state index contributed by atoms with van der Waals surface area (Å²) < 4.78 is 14.8. The molecule has 5 nitrogen and oxygen atoms in total. The van der Waals surface area contributed by atoms with Crippen molar-refractivity contribution in [2.75, 3.05) is 26.2 Å². The van der Waals surface area contributed by atoms with Crippen LogP contribution in [0.1, 0.15) is 17.8 Å². The number of hydrogen-bond acceptors (Lipinski definition) is 6. The van der Waals surface area contributed by atoms with Gasteiger partial charge in [0.2, 0.25) is 0 Å². The number of nitrogens with one attached hydrogen (secondary N) is 2. The zero-order valence-electron chi connectivity index (χ0n) is 12.8. The van der Waals surface area contributed by atoms with E-state index in [9.17, 15) is 4.39 Å². The molecule has 2 aromatic rings. The van der Waals surface area contributed by atoms with Crippen molar-refractivity contribution in [1.82, 2.24) is 20.5 Å². The van der Waals surface area contributed by atoms with Crippen molar-refractivity contribution in [3.05, 3.63) is 29.0 Å². The van der Waals surface area contributed by atoms with E-state index in [1.54, 1.807) is 6.07 Å². The van der Waals surface area contributed by atoms with Gasteiger partial charge in [0.15, 0.2) is 5.79 Å². The van der Waals surface area contributed by atoms with Crippen LogP contribution in [0.3, 0.4) is 0 Å². The number of benzene rings is 1. The van der Waals surface area contributed by atoms with Gasteiger partial charge >= 0.3 is 0 Å². The fraction of sp³-hybridized carbons (Fsp3) is 0.562. The third-order valence-electron chi connectivity index (χ3n) is 5.71. The number of halogens is 1. The van der Waals surface area contributed by atoms with E-state index in [1.807, 2.05) is 6.07 Å². The molecule has 4 saturated heterocycles. The summed E-state index contributed by atoms with van der Waals surface area (Å²) in [6.07, 6.45) is 2.44. The van der Waals surface area contributed by atoms with E-state index in [0.29, 0.717) is 16.4 Å². The van der Waals surface area contributed by atoms with E-state index in [2.05, 4.69) is 20.5 Å². The third kappa shape index (κ3) is 2.01. The largest absolute Gasteiger partial charge is 0.301 e. The molecule has 4 aliphatic rings. The molecule has 4 N–H and O–H groups in total. The van der Waals surface area contributed by atoms with Crippen LogP contribution in [-0.4, -0.2) is 41.6 Å². The van der Waals surface area contributed by atoms with Gasteiger partial charge in [0.05, 0.1) is 4.70 Å². The molecule has 1 aromatic heterocycles. The molecule has 2 atom stereocenters. The second-order valence-electron chi connectivity index (χ2n) is 7.10.